The molecule has 2 amide bonds. The number of carboxylic acid groups (broad SMARTS) is 1. The maximum atomic E-state index is 13.1. The highest BCUT2D eigenvalue weighted by Gasteiger charge is 2.26. The maximum Gasteiger partial charge on any atom is 0.326 e. The highest BCUT2D eigenvalue weighted by molar-refractivity contribution is 7.85. The summed E-state index contributed by atoms with van der Waals surface area (Å²) in [6.45, 7) is 1.24. The van der Waals surface area contributed by atoms with Gasteiger partial charge in [-0.2, -0.15) is 0 Å². The van der Waals surface area contributed by atoms with Crippen molar-refractivity contribution < 1.29 is 28.1 Å². The Morgan fingerprint density at radius 2 is 1.63 bits per heavy atom. The fourth-order valence-corrected chi connectivity index (χ4v) is 3.90. The average Bonchev–Trinajstić information content (AvgIpc) is 2.71. The summed E-state index contributed by atoms with van der Waals surface area (Å²) in [4.78, 5) is 36.3. The van der Waals surface area contributed by atoms with E-state index in [0.29, 0.717) is 10.5 Å². The van der Waals surface area contributed by atoms with Gasteiger partial charge in [-0.15, -0.1) is 0 Å². The summed E-state index contributed by atoms with van der Waals surface area (Å²) in [5, 5.41) is 14.3. The second-order valence-electron chi connectivity index (χ2n) is 6.63. The van der Waals surface area contributed by atoms with Gasteiger partial charge >= 0.3 is 5.97 Å². The summed E-state index contributed by atoms with van der Waals surface area (Å²) >= 11 is 0. The molecule has 0 bridgehead atoms. The van der Waals surface area contributed by atoms with E-state index in [9.17, 15) is 28.1 Å². The van der Waals surface area contributed by atoms with Crippen LogP contribution < -0.4 is 10.6 Å². The van der Waals surface area contributed by atoms with Gasteiger partial charge in [-0.3, -0.25) is 13.8 Å². The minimum absolute atomic E-state index is 0.0457. The summed E-state index contributed by atoms with van der Waals surface area (Å²) in [5.74, 6) is -2.81. The number of aliphatic carboxylic acids is 1. The average molecular weight is 434 g/mol. The third kappa shape index (κ3) is 7.40. The molecule has 0 heterocycles. The first-order chi connectivity index (χ1) is 14.3. The van der Waals surface area contributed by atoms with Crippen LogP contribution in [0.5, 0.6) is 0 Å². The molecule has 0 saturated carbocycles. The molecule has 0 aromatic heterocycles. The van der Waals surface area contributed by atoms with Gasteiger partial charge in [0.2, 0.25) is 11.8 Å². The van der Waals surface area contributed by atoms with Crippen LogP contribution in [0.2, 0.25) is 0 Å². The zero-order valence-corrected chi connectivity index (χ0v) is 17.2. The van der Waals surface area contributed by atoms with Crippen molar-refractivity contribution in [1.82, 2.24) is 10.6 Å². The Bertz CT molecular complexity index is 905. The number of carbonyl (C=O) groups is 3. The van der Waals surface area contributed by atoms with E-state index in [2.05, 4.69) is 10.6 Å². The van der Waals surface area contributed by atoms with Gasteiger partial charge < -0.3 is 15.7 Å². The van der Waals surface area contributed by atoms with Gasteiger partial charge in [0, 0.05) is 24.0 Å². The SMILES string of the molecule is CC(=O)N[C@@H](Cc1ccc(F)cc1)C(=O)N[C@H](CC[S@@](=O)c1ccccc1)C(=O)O. The van der Waals surface area contributed by atoms with E-state index < -0.39 is 46.5 Å². The van der Waals surface area contributed by atoms with Gasteiger partial charge in [-0.25, -0.2) is 9.18 Å². The normalized spacial score (nSPS) is 13.7. The lowest BCUT2D eigenvalue weighted by Gasteiger charge is -2.21. The lowest BCUT2D eigenvalue weighted by atomic mass is 10.0. The predicted octanol–water partition coefficient (Wildman–Crippen LogP) is 1.64. The summed E-state index contributed by atoms with van der Waals surface area (Å²) < 4.78 is 25.4. The zero-order valence-electron chi connectivity index (χ0n) is 16.3. The van der Waals surface area contributed by atoms with Crippen LogP contribution in [0.4, 0.5) is 4.39 Å². The van der Waals surface area contributed by atoms with E-state index in [0.717, 1.165) is 0 Å². The molecule has 0 aliphatic carbocycles. The monoisotopic (exact) mass is 434 g/mol. The number of amides is 2. The summed E-state index contributed by atoms with van der Waals surface area (Å²) in [7, 11) is -1.41. The molecule has 3 N–H and O–H groups in total. The first-order valence-electron chi connectivity index (χ1n) is 9.24. The van der Waals surface area contributed by atoms with Crippen LogP contribution in [0.15, 0.2) is 59.5 Å². The van der Waals surface area contributed by atoms with Gasteiger partial charge in [0.15, 0.2) is 0 Å². The van der Waals surface area contributed by atoms with E-state index >= 15 is 0 Å². The van der Waals surface area contributed by atoms with Gasteiger partial charge in [-0.1, -0.05) is 30.3 Å². The van der Waals surface area contributed by atoms with Crippen LogP contribution >= 0.6 is 0 Å². The summed E-state index contributed by atoms with van der Waals surface area (Å²) in [5.41, 5.74) is 0.599. The lowest BCUT2D eigenvalue weighted by Crippen LogP contribution is -2.52. The van der Waals surface area contributed by atoms with Crippen molar-refractivity contribution >= 4 is 28.6 Å². The molecule has 2 rings (SSSR count). The van der Waals surface area contributed by atoms with Crippen molar-refractivity contribution in [1.29, 1.82) is 0 Å². The molecular formula is C21H23FN2O5S. The summed E-state index contributed by atoms with van der Waals surface area (Å²) in [6.07, 6.45) is 0.0138. The van der Waals surface area contributed by atoms with Crippen LogP contribution in [0, 0.1) is 5.82 Å². The molecule has 9 heteroatoms. The molecule has 2 aromatic rings. The van der Waals surface area contributed by atoms with E-state index in [1.165, 1.54) is 31.2 Å². The second kappa shape index (κ2) is 11.2. The van der Waals surface area contributed by atoms with Crippen LogP contribution in [0.3, 0.4) is 0 Å². The molecular weight excluding hydrogens is 411 g/mol. The number of benzene rings is 2. The maximum absolute atomic E-state index is 13.1. The highest BCUT2D eigenvalue weighted by atomic mass is 32.2. The van der Waals surface area contributed by atoms with Crippen molar-refractivity contribution in [2.45, 2.75) is 36.7 Å². The molecule has 7 nitrogen and oxygen atoms in total. The third-order valence-corrected chi connectivity index (χ3v) is 5.66. The molecule has 0 aliphatic rings. The molecule has 0 fully saturated rings. The topological polar surface area (TPSA) is 113 Å². The van der Waals surface area contributed by atoms with Crippen LogP contribution in [-0.4, -0.2) is 44.9 Å². The second-order valence-corrected chi connectivity index (χ2v) is 8.21. The van der Waals surface area contributed by atoms with Gasteiger partial charge in [0.25, 0.3) is 0 Å². The predicted molar refractivity (Wildman–Crippen MR) is 110 cm³/mol. The van der Waals surface area contributed by atoms with Crippen molar-refractivity contribution in [2.24, 2.45) is 0 Å². The minimum Gasteiger partial charge on any atom is -0.480 e. The Morgan fingerprint density at radius 1 is 1.00 bits per heavy atom. The van der Waals surface area contributed by atoms with Crippen LogP contribution in [0.25, 0.3) is 0 Å². The molecule has 160 valence electrons. The van der Waals surface area contributed by atoms with Crippen molar-refractivity contribution in [3.63, 3.8) is 0 Å². The summed E-state index contributed by atoms with van der Waals surface area (Å²) in [6, 6.07) is 11.7. The number of halogens is 1. The largest absolute Gasteiger partial charge is 0.480 e. The number of nitrogens with one attached hydrogen (secondary N) is 2. The first-order valence-corrected chi connectivity index (χ1v) is 10.6. The smallest absolute Gasteiger partial charge is 0.326 e. The van der Waals surface area contributed by atoms with Crippen LogP contribution in [0.1, 0.15) is 18.9 Å². The number of hydrogen-bond donors (Lipinski definition) is 3. The fourth-order valence-electron chi connectivity index (χ4n) is 2.76. The molecule has 30 heavy (non-hydrogen) atoms. The Hall–Kier alpha value is -3.07. The molecule has 0 unspecified atom stereocenters. The van der Waals surface area contributed by atoms with E-state index in [1.54, 1.807) is 30.3 Å². The van der Waals surface area contributed by atoms with Crippen molar-refractivity contribution in [3.8, 4) is 0 Å². The molecule has 0 aliphatic heterocycles. The number of rotatable bonds is 10. The molecule has 2 aromatic carbocycles. The molecule has 3 atom stereocenters. The Kier molecular flexibility index (Phi) is 8.67. The van der Waals surface area contributed by atoms with Crippen molar-refractivity contribution in [3.05, 3.63) is 66.0 Å². The Balaban J connectivity index is 2.03. The van der Waals surface area contributed by atoms with E-state index in [1.807, 2.05) is 0 Å². The first kappa shape index (κ1) is 23.2. The number of hydrogen-bond acceptors (Lipinski definition) is 4. The van der Waals surface area contributed by atoms with Crippen molar-refractivity contribution in [2.75, 3.05) is 5.75 Å². The van der Waals surface area contributed by atoms with Gasteiger partial charge in [-0.05, 0) is 36.2 Å². The number of carbonyl (C=O) groups excluding carboxylic acids is 2. The standard InChI is InChI=1S/C21H23FN2O5S/c1-14(25)23-19(13-15-7-9-16(22)10-8-15)20(26)24-18(21(27)28)11-12-30(29)17-5-3-2-4-6-17/h2-10,18-19H,11-13H2,1H3,(H,23,25)(H,24,26)(H,27,28)/t18-,19+,30-/m1/s1. The zero-order chi connectivity index (χ0) is 22.1. The quantitative estimate of drug-likeness (QED) is 0.526. The van der Waals surface area contributed by atoms with E-state index in [-0.39, 0.29) is 18.6 Å². The third-order valence-electron chi connectivity index (χ3n) is 4.26. The van der Waals surface area contributed by atoms with Gasteiger partial charge in [0.05, 0.1) is 10.8 Å². The minimum atomic E-state index is -1.41. The van der Waals surface area contributed by atoms with Gasteiger partial charge in [0.1, 0.15) is 17.9 Å². The lowest BCUT2D eigenvalue weighted by molar-refractivity contribution is -0.142. The number of carboxylic acids is 1. The molecule has 0 spiro atoms. The Morgan fingerprint density at radius 3 is 2.20 bits per heavy atom. The highest BCUT2D eigenvalue weighted by Crippen LogP contribution is 2.10. The Labute approximate surface area is 176 Å². The van der Waals surface area contributed by atoms with E-state index in [4.69, 9.17) is 0 Å². The molecule has 0 radical (unpaired) electrons. The fraction of sp³-hybridized carbons (Fsp3) is 0.286. The van der Waals surface area contributed by atoms with Crippen LogP contribution in [-0.2, 0) is 31.6 Å². The molecule has 0 saturated heterocycles.